The number of nitrogens with zero attached hydrogens (tertiary/aromatic N) is 1. The predicted molar refractivity (Wildman–Crippen MR) is 140 cm³/mol. The quantitative estimate of drug-likeness (QED) is 0.337. The van der Waals surface area contributed by atoms with E-state index in [1.165, 1.54) is 0 Å². The highest BCUT2D eigenvalue weighted by Crippen LogP contribution is 2.13. The Balaban J connectivity index is 1.53. The third-order valence-electron chi connectivity index (χ3n) is 6.62. The van der Waals surface area contributed by atoms with Crippen LogP contribution in [0, 0.1) is 0 Å². The molecule has 1 unspecified atom stereocenters. The first-order valence-corrected chi connectivity index (χ1v) is 12.9. The second-order valence-corrected chi connectivity index (χ2v) is 9.44. The van der Waals surface area contributed by atoms with Crippen LogP contribution in [0.25, 0.3) is 0 Å². The molecule has 5 N–H and O–H groups in total. The summed E-state index contributed by atoms with van der Waals surface area (Å²) in [5.41, 5.74) is 8.18. The summed E-state index contributed by atoms with van der Waals surface area (Å²) in [5.74, 6) is 0.478. The number of aliphatic hydroxyl groups excluding tert-OH is 1. The second-order valence-electron chi connectivity index (χ2n) is 9.44. The van der Waals surface area contributed by atoms with E-state index in [0.717, 1.165) is 49.2 Å². The van der Waals surface area contributed by atoms with E-state index in [4.69, 9.17) is 10.5 Å². The van der Waals surface area contributed by atoms with Gasteiger partial charge in [0.2, 0.25) is 11.8 Å². The van der Waals surface area contributed by atoms with Crippen molar-refractivity contribution in [1.29, 1.82) is 0 Å². The topological polar surface area (TPSA) is 117 Å². The Labute approximate surface area is 214 Å². The summed E-state index contributed by atoms with van der Waals surface area (Å²) >= 11 is 0. The van der Waals surface area contributed by atoms with E-state index in [-0.39, 0.29) is 31.2 Å². The first kappa shape index (κ1) is 27.6. The van der Waals surface area contributed by atoms with Crippen LogP contribution in [0.5, 0.6) is 5.75 Å². The van der Waals surface area contributed by atoms with Crippen molar-refractivity contribution in [3.05, 3.63) is 65.7 Å². The normalized spacial score (nSPS) is 16.1. The molecule has 196 valence electrons. The molecular weight excluding hydrogens is 456 g/mol. The highest BCUT2D eigenvalue weighted by molar-refractivity contribution is 5.83. The van der Waals surface area contributed by atoms with Gasteiger partial charge in [-0.3, -0.25) is 9.59 Å². The average Bonchev–Trinajstić information content (AvgIpc) is 2.92. The van der Waals surface area contributed by atoms with Gasteiger partial charge in [-0.05, 0) is 55.4 Å². The fourth-order valence-electron chi connectivity index (χ4n) is 4.44. The van der Waals surface area contributed by atoms with Crippen LogP contribution in [0.2, 0.25) is 0 Å². The molecule has 1 saturated heterocycles. The number of methoxy groups -OCH3 is 1. The lowest BCUT2D eigenvalue weighted by Gasteiger charge is -2.28. The zero-order valence-electron chi connectivity index (χ0n) is 21.2. The maximum absolute atomic E-state index is 12.9. The molecule has 1 aliphatic rings. The lowest BCUT2D eigenvalue weighted by molar-refractivity contribution is -0.132. The number of hydrogen-bond acceptors (Lipinski definition) is 6. The smallest absolute Gasteiger partial charge is 0.237 e. The fourth-order valence-corrected chi connectivity index (χ4v) is 4.44. The summed E-state index contributed by atoms with van der Waals surface area (Å²) in [7, 11) is 1.63. The fraction of sp³-hybridized carbons (Fsp3) is 0.500. The van der Waals surface area contributed by atoms with Gasteiger partial charge in [0.1, 0.15) is 5.75 Å². The van der Waals surface area contributed by atoms with Crippen molar-refractivity contribution in [2.75, 3.05) is 26.7 Å². The minimum Gasteiger partial charge on any atom is -0.497 e. The van der Waals surface area contributed by atoms with Gasteiger partial charge in [-0.15, -0.1) is 0 Å². The molecule has 2 aromatic rings. The number of aliphatic hydroxyl groups is 1. The van der Waals surface area contributed by atoms with Crippen LogP contribution in [-0.2, 0) is 22.6 Å². The van der Waals surface area contributed by atoms with Gasteiger partial charge < -0.3 is 31.1 Å². The summed E-state index contributed by atoms with van der Waals surface area (Å²) in [5, 5.41) is 17.2. The number of ether oxygens (including phenoxy) is 1. The number of carbonyl (C=O) groups excluding carboxylic acids is 2. The molecular formula is C28H40N4O4. The number of benzene rings is 2. The van der Waals surface area contributed by atoms with Crippen molar-refractivity contribution in [3.8, 4) is 5.75 Å². The minimum atomic E-state index is -0.832. The van der Waals surface area contributed by atoms with Crippen LogP contribution in [0.3, 0.4) is 0 Å². The molecule has 1 fully saturated rings. The van der Waals surface area contributed by atoms with Crippen molar-refractivity contribution in [2.45, 2.75) is 63.3 Å². The molecule has 1 heterocycles. The van der Waals surface area contributed by atoms with Crippen LogP contribution >= 0.6 is 0 Å². The molecule has 0 radical (unpaired) electrons. The third-order valence-corrected chi connectivity index (χ3v) is 6.62. The number of nitrogens with two attached hydrogens (primary N) is 1. The van der Waals surface area contributed by atoms with Gasteiger partial charge in [-0.25, -0.2) is 0 Å². The molecule has 0 aromatic heterocycles. The molecule has 3 atom stereocenters. The Kier molecular flexibility index (Phi) is 11.2. The van der Waals surface area contributed by atoms with E-state index in [2.05, 4.69) is 10.6 Å². The van der Waals surface area contributed by atoms with Crippen molar-refractivity contribution in [3.63, 3.8) is 0 Å². The molecule has 0 spiro atoms. The Bertz CT molecular complexity index is 950. The Morgan fingerprint density at radius 1 is 1.06 bits per heavy atom. The Hall–Kier alpha value is -2.94. The highest BCUT2D eigenvalue weighted by atomic mass is 16.5. The number of likely N-dealkylation sites (tertiary alicyclic amines) is 1. The van der Waals surface area contributed by atoms with Gasteiger partial charge in [0.15, 0.2) is 0 Å². The summed E-state index contributed by atoms with van der Waals surface area (Å²) in [6, 6.07) is 16.1. The number of amides is 2. The molecule has 36 heavy (non-hydrogen) atoms. The van der Waals surface area contributed by atoms with E-state index in [9.17, 15) is 14.7 Å². The van der Waals surface area contributed by atoms with E-state index >= 15 is 0 Å². The molecule has 0 saturated carbocycles. The van der Waals surface area contributed by atoms with Crippen molar-refractivity contribution >= 4 is 11.8 Å². The lowest BCUT2D eigenvalue weighted by Crippen LogP contribution is -2.53. The second kappa shape index (κ2) is 14.6. The standard InChI is InChI=1S/C28H40N4O4/c1-36-23-12-8-11-22(17-23)19-30-20-26(33)25(18-21-9-4-2-5-10-21)31-28(35)24(29)13-14-27(34)32-15-6-3-7-16-32/h2,4-5,8-12,17,24-26,30,33H,3,6-7,13-16,18-20,29H2,1H3,(H,31,35)/t24?,25-,26+/m0/s1. The van der Waals surface area contributed by atoms with Gasteiger partial charge in [0.05, 0.1) is 25.3 Å². The van der Waals surface area contributed by atoms with Crippen LogP contribution in [-0.4, -0.2) is 66.8 Å². The van der Waals surface area contributed by atoms with E-state index in [0.29, 0.717) is 13.0 Å². The molecule has 8 heteroatoms. The molecule has 0 aliphatic carbocycles. The molecule has 3 rings (SSSR count). The molecule has 8 nitrogen and oxygen atoms in total. The highest BCUT2D eigenvalue weighted by Gasteiger charge is 2.25. The van der Waals surface area contributed by atoms with E-state index in [1.807, 2.05) is 59.5 Å². The number of hydrogen-bond donors (Lipinski definition) is 4. The van der Waals surface area contributed by atoms with Gasteiger partial charge in [-0.2, -0.15) is 0 Å². The zero-order valence-corrected chi connectivity index (χ0v) is 21.2. The summed E-state index contributed by atoms with van der Waals surface area (Å²) < 4.78 is 5.26. The van der Waals surface area contributed by atoms with Crippen LogP contribution in [0.4, 0.5) is 0 Å². The first-order chi connectivity index (χ1) is 17.5. The number of carbonyl (C=O) groups is 2. The average molecular weight is 497 g/mol. The minimum absolute atomic E-state index is 0.0561. The zero-order chi connectivity index (χ0) is 25.8. The number of nitrogens with one attached hydrogen (secondary N) is 2. The number of piperidine rings is 1. The maximum Gasteiger partial charge on any atom is 0.237 e. The summed E-state index contributed by atoms with van der Waals surface area (Å²) in [4.78, 5) is 27.2. The molecule has 1 aliphatic heterocycles. The first-order valence-electron chi connectivity index (χ1n) is 12.9. The van der Waals surface area contributed by atoms with Crippen molar-refractivity contribution in [1.82, 2.24) is 15.5 Å². The lowest BCUT2D eigenvalue weighted by atomic mass is 10.00. The van der Waals surface area contributed by atoms with E-state index in [1.54, 1.807) is 7.11 Å². The largest absolute Gasteiger partial charge is 0.497 e. The Morgan fingerprint density at radius 3 is 2.50 bits per heavy atom. The molecule has 2 amide bonds. The van der Waals surface area contributed by atoms with Crippen LogP contribution < -0.4 is 21.1 Å². The molecule has 0 bridgehead atoms. The third kappa shape index (κ3) is 8.93. The van der Waals surface area contributed by atoms with Gasteiger partial charge >= 0.3 is 0 Å². The SMILES string of the molecule is COc1cccc(CNC[C@@H](O)[C@H](Cc2ccccc2)NC(=O)C(N)CCC(=O)N2CCCCC2)c1. The Morgan fingerprint density at radius 2 is 1.78 bits per heavy atom. The van der Waals surface area contributed by atoms with Crippen LogP contribution in [0.1, 0.15) is 43.2 Å². The van der Waals surface area contributed by atoms with E-state index < -0.39 is 18.2 Å². The van der Waals surface area contributed by atoms with Gasteiger partial charge in [0.25, 0.3) is 0 Å². The van der Waals surface area contributed by atoms with Crippen molar-refractivity contribution in [2.24, 2.45) is 5.73 Å². The van der Waals surface area contributed by atoms with Crippen LogP contribution in [0.15, 0.2) is 54.6 Å². The van der Waals surface area contributed by atoms with Gasteiger partial charge in [0, 0.05) is 32.6 Å². The number of rotatable bonds is 13. The monoisotopic (exact) mass is 496 g/mol. The van der Waals surface area contributed by atoms with Gasteiger partial charge in [-0.1, -0.05) is 42.5 Å². The summed E-state index contributed by atoms with van der Waals surface area (Å²) in [6.07, 6.45) is 3.39. The molecule has 2 aromatic carbocycles. The van der Waals surface area contributed by atoms with Crippen molar-refractivity contribution < 1.29 is 19.4 Å². The summed E-state index contributed by atoms with van der Waals surface area (Å²) in [6.45, 7) is 2.42. The maximum atomic E-state index is 12.9. The predicted octanol–water partition coefficient (Wildman–Crippen LogP) is 1.99.